The maximum atomic E-state index is 12.4. The Labute approximate surface area is 136 Å². The van der Waals surface area contributed by atoms with E-state index in [1.165, 1.54) is 0 Å². The molecule has 0 heterocycles. The highest BCUT2D eigenvalue weighted by Gasteiger charge is 2.21. The summed E-state index contributed by atoms with van der Waals surface area (Å²) in [5.41, 5.74) is 7.75. The number of carbonyl (C=O) groups is 2. The van der Waals surface area contributed by atoms with Gasteiger partial charge in [0.2, 0.25) is 5.91 Å². The van der Waals surface area contributed by atoms with Crippen molar-refractivity contribution in [2.45, 2.75) is 32.2 Å². The zero-order valence-corrected chi connectivity index (χ0v) is 13.7. The van der Waals surface area contributed by atoms with E-state index in [0.717, 1.165) is 5.56 Å². The van der Waals surface area contributed by atoms with Crippen LogP contribution in [0.2, 0.25) is 0 Å². The van der Waals surface area contributed by atoms with Gasteiger partial charge in [0.25, 0.3) is 5.91 Å². The molecule has 2 aromatic carbocycles. The predicted molar refractivity (Wildman–Crippen MR) is 91.0 cm³/mol. The lowest BCUT2D eigenvalue weighted by Gasteiger charge is -2.19. The molecule has 0 aliphatic rings. The zero-order valence-electron chi connectivity index (χ0n) is 13.7. The maximum Gasteiger partial charge on any atom is 0.252 e. The number of benzene rings is 2. The Morgan fingerprint density at radius 3 is 2.00 bits per heavy atom. The van der Waals surface area contributed by atoms with E-state index < -0.39 is 11.9 Å². The average Bonchev–Trinajstić information content (AvgIpc) is 2.52. The van der Waals surface area contributed by atoms with Crippen molar-refractivity contribution in [3.05, 3.63) is 71.3 Å². The van der Waals surface area contributed by atoms with Gasteiger partial charge in [-0.1, -0.05) is 63.2 Å². The number of nitrogens with two attached hydrogens (primary N) is 1. The molecule has 2 aromatic rings. The highest BCUT2D eigenvalue weighted by molar-refractivity contribution is 5.97. The van der Waals surface area contributed by atoms with E-state index in [-0.39, 0.29) is 11.3 Å². The normalized spacial score (nSPS) is 12.5. The Balaban J connectivity index is 2.18. The zero-order chi connectivity index (χ0) is 17.0. The van der Waals surface area contributed by atoms with Crippen LogP contribution in [0.4, 0.5) is 0 Å². The molecule has 2 rings (SSSR count). The first kappa shape index (κ1) is 16.7. The van der Waals surface area contributed by atoms with Gasteiger partial charge in [0.05, 0.1) is 0 Å². The van der Waals surface area contributed by atoms with Crippen molar-refractivity contribution >= 4 is 11.8 Å². The lowest BCUT2D eigenvalue weighted by Crippen LogP contribution is -2.37. The Morgan fingerprint density at radius 2 is 1.52 bits per heavy atom. The Morgan fingerprint density at radius 1 is 0.957 bits per heavy atom. The van der Waals surface area contributed by atoms with Crippen LogP contribution in [0.1, 0.15) is 48.3 Å². The Hall–Kier alpha value is -2.62. The molecule has 4 nitrogen and oxygen atoms in total. The number of carbonyl (C=O) groups excluding carboxylic acids is 2. The van der Waals surface area contributed by atoms with E-state index in [1.54, 1.807) is 36.4 Å². The summed E-state index contributed by atoms with van der Waals surface area (Å²) in [4.78, 5) is 24.0. The summed E-state index contributed by atoms with van der Waals surface area (Å²) < 4.78 is 0. The van der Waals surface area contributed by atoms with Gasteiger partial charge in [-0.15, -0.1) is 0 Å². The van der Waals surface area contributed by atoms with Gasteiger partial charge in [-0.2, -0.15) is 0 Å². The predicted octanol–water partition coefficient (Wildman–Crippen LogP) is 2.94. The molecule has 0 saturated carbocycles. The first-order valence-electron chi connectivity index (χ1n) is 7.54. The fraction of sp³-hybridized carbons (Fsp3) is 0.263. The molecule has 0 radical (unpaired) electrons. The number of rotatable bonds is 4. The van der Waals surface area contributed by atoms with E-state index in [1.807, 2.05) is 18.2 Å². The van der Waals surface area contributed by atoms with E-state index in [4.69, 9.17) is 5.73 Å². The molecule has 0 aromatic heterocycles. The van der Waals surface area contributed by atoms with Gasteiger partial charge in [-0.05, 0) is 28.7 Å². The maximum absolute atomic E-state index is 12.4. The SMILES string of the molecule is CC(C)(C)c1ccc(C(=O)NC(C(N)=O)c2ccccc2)cc1. The van der Waals surface area contributed by atoms with E-state index >= 15 is 0 Å². The third-order valence-electron chi connectivity index (χ3n) is 3.71. The van der Waals surface area contributed by atoms with Gasteiger partial charge in [-0.3, -0.25) is 9.59 Å². The molecule has 4 heteroatoms. The topological polar surface area (TPSA) is 72.2 Å². The minimum absolute atomic E-state index is 0.0226. The summed E-state index contributed by atoms with van der Waals surface area (Å²) in [6, 6.07) is 15.5. The van der Waals surface area contributed by atoms with E-state index in [2.05, 4.69) is 26.1 Å². The van der Waals surface area contributed by atoms with Crippen molar-refractivity contribution in [3.8, 4) is 0 Å². The van der Waals surface area contributed by atoms with Crippen LogP contribution in [-0.4, -0.2) is 11.8 Å². The number of amides is 2. The molecule has 0 saturated heterocycles. The highest BCUT2D eigenvalue weighted by Crippen LogP contribution is 2.22. The van der Waals surface area contributed by atoms with Crippen LogP contribution in [0.5, 0.6) is 0 Å². The van der Waals surface area contributed by atoms with Gasteiger partial charge < -0.3 is 11.1 Å². The first-order valence-corrected chi connectivity index (χ1v) is 7.54. The smallest absolute Gasteiger partial charge is 0.252 e. The summed E-state index contributed by atoms with van der Waals surface area (Å²) >= 11 is 0. The minimum atomic E-state index is -0.842. The number of primary amides is 1. The number of hydrogen-bond acceptors (Lipinski definition) is 2. The van der Waals surface area contributed by atoms with E-state index in [0.29, 0.717) is 11.1 Å². The van der Waals surface area contributed by atoms with Crippen LogP contribution in [0.15, 0.2) is 54.6 Å². The van der Waals surface area contributed by atoms with Crippen molar-refractivity contribution in [2.75, 3.05) is 0 Å². The fourth-order valence-corrected chi connectivity index (χ4v) is 2.30. The molecule has 0 aliphatic heterocycles. The molecule has 23 heavy (non-hydrogen) atoms. The molecule has 120 valence electrons. The first-order chi connectivity index (χ1) is 10.8. The third-order valence-corrected chi connectivity index (χ3v) is 3.71. The third kappa shape index (κ3) is 4.19. The van der Waals surface area contributed by atoms with Crippen molar-refractivity contribution in [1.29, 1.82) is 0 Å². The van der Waals surface area contributed by atoms with Gasteiger partial charge >= 0.3 is 0 Å². The van der Waals surface area contributed by atoms with Crippen LogP contribution in [-0.2, 0) is 10.2 Å². The van der Waals surface area contributed by atoms with Crippen LogP contribution >= 0.6 is 0 Å². The summed E-state index contributed by atoms with van der Waals surface area (Å²) in [5.74, 6) is -0.908. The second-order valence-corrected chi connectivity index (χ2v) is 6.55. The molecule has 1 atom stereocenters. The fourth-order valence-electron chi connectivity index (χ4n) is 2.30. The molecular weight excluding hydrogens is 288 g/mol. The largest absolute Gasteiger partial charge is 0.368 e. The van der Waals surface area contributed by atoms with Crippen LogP contribution in [0.25, 0.3) is 0 Å². The van der Waals surface area contributed by atoms with Crippen molar-refractivity contribution in [3.63, 3.8) is 0 Å². The number of nitrogens with one attached hydrogen (secondary N) is 1. The summed E-state index contributed by atoms with van der Waals surface area (Å²) in [6.45, 7) is 6.34. The summed E-state index contributed by atoms with van der Waals surface area (Å²) in [7, 11) is 0. The van der Waals surface area contributed by atoms with Gasteiger partial charge in [0.1, 0.15) is 6.04 Å². The summed E-state index contributed by atoms with van der Waals surface area (Å²) in [5, 5.41) is 2.69. The standard InChI is InChI=1S/C19H22N2O2/c1-19(2,3)15-11-9-14(10-12-15)18(23)21-16(17(20)22)13-7-5-4-6-8-13/h4-12,16H,1-3H3,(H2,20,22)(H,21,23). The molecule has 3 N–H and O–H groups in total. The Kier molecular flexibility index (Phi) is 4.84. The second-order valence-electron chi connectivity index (χ2n) is 6.55. The quantitative estimate of drug-likeness (QED) is 0.911. The molecule has 1 unspecified atom stereocenters. The lowest BCUT2D eigenvalue weighted by molar-refractivity contribution is -0.120. The van der Waals surface area contributed by atoms with Crippen molar-refractivity contribution < 1.29 is 9.59 Å². The monoisotopic (exact) mass is 310 g/mol. The molecular formula is C19H22N2O2. The second kappa shape index (κ2) is 6.65. The van der Waals surface area contributed by atoms with Crippen LogP contribution in [0.3, 0.4) is 0 Å². The molecule has 2 amide bonds. The van der Waals surface area contributed by atoms with Gasteiger partial charge in [0, 0.05) is 5.56 Å². The summed E-state index contributed by atoms with van der Waals surface area (Å²) in [6.07, 6.45) is 0. The van der Waals surface area contributed by atoms with Crippen LogP contribution < -0.4 is 11.1 Å². The highest BCUT2D eigenvalue weighted by atomic mass is 16.2. The van der Waals surface area contributed by atoms with E-state index in [9.17, 15) is 9.59 Å². The number of hydrogen-bond donors (Lipinski definition) is 2. The minimum Gasteiger partial charge on any atom is -0.368 e. The average molecular weight is 310 g/mol. The molecule has 0 spiro atoms. The van der Waals surface area contributed by atoms with Gasteiger partial charge in [-0.25, -0.2) is 0 Å². The van der Waals surface area contributed by atoms with Gasteiger partial charge in [0.15, 0.2) is 0 Å². The Bertz CT molecular complexity index is 686. The molecule has 0 fully saturated rings. The molecule has 0 aliphatic carbocycles. The van der Waals surface area contributed by atoms with Crippen molar-refractivity contribution in [2.24, 2.45) is 5.73 Å². The molecule has 0 bridgehead atoms. The lowest BCUT2D eigenvalue weighted by atomic mass is 9.86. The van der Waals surface area contributed by atoms with Crippen LogP contribution in [0, 0.1) is 0 Å². The van der Waals surface area contributed by atoms with Crippen molar-refractivity contribution in [1.82, 2.24) is 5.32 Å².